The van der Waals surface area contributed by atoms with Gasteiger partial charge in [-0.15, -0.1) is 0 Å². The molecule has 1 atom stereocenters. The van der Waals surface area contributed by atoms with Gasteiger partial charge in [0.1, 0.15) is 11.3 Å². The minimum Gasteiger partial charge on any atom is -0.378 e. The fourth-order valence-electron chi connectivity index (χ4n) is 3.07. The Bertz CT molecular complexity index is 492. The van der Waals surface area contributed by atoms with E-state index in [-0.39, 0.29) is 17.6 Å². The zero-order valence-electron chi connectivity index (χ0n) is 12.0. The molecule has 0 aromatic carbocycles. The summed E-state index contributed by atoms with van der Waals surface area (Å²) >= 11 is 0. The van der Waals surface area contributed by atoms with Gasteiger partial charge in [-0.2, -0.15) is 5.10 Å². The highest BCUT2D eigenvalue weighted by molar-refractivity contribution is 5.93. The molecule has 2 saturated heterocycles. The largest absolute Gasteiger partial charge is 0.378 e. The number of ether oxygens (including phenoxy) is 2. The highest BCUT2D eigenvalue weighted by Gasteiger charge is 2.49. The van der Waals surface area contributed by atoms with Crippen molar-refractivity contribution in [1.82, 2.24) is 14.7 Å². The molecule has 20 heavy (non-hydrogen) atoms. The summed E-state index contributed by atoms with van der Waals surface area (Å²) in [4.78, 5) is 14.0. The third kappa shape index (κ3) is 2.45. The van der Waals surface area contributed by atoms with Crippen molar-refractivity contribution in [2.75, 3.05) is 26.3 Å². The van der Waals surface area contributed by atoms with E-state index in [2.05, 4.69) is 5.10 Å². The molecule has 0 radical (unpaired) electrons. The van der Waals surface area contributed by atoms with Crippen LogP contribution in [0, 0.1) is 0 Å². The van der Waals surface area contributed by atoms with E-state index in [4.69, 9.17) is 9.47 Å². The molecule has 110 valence electrons. The molecule has 3 rings (SSSR count). The predicted molar refractivity (Wildman–Crippen MR) is 72.4 cm³/mol. The molecule has 6 nitrogen and oxygen atoms in total. The minimum absolute atomic E-state index is 0.0154. The SMILES string of the molecule is CCOC1CCOC2(C1)CN(C(=O)c1ccn(C)n1)C2. The predicted octanol–water partition coefficient (Wildman–Crippen LogP) is 0.830. The number of aryl methyl sites for hydroxylation is 1. The summed E-state index contributed by atoms with van der Waals surface area (Å²) in [5, 5.41) is 4.15. The average Bonchev–Trinajstić information content (AvgIpc) is 2.82. The Kier molecular flexibility index (Phi) is 3.52. The van der Waals surface area contributed by atoms with Gasteiger partial charge in [0.05, 0.1) is 19.2 Å². The van der Waals surface area contributed by atoms with Gasteiger partial charge in [0, 0.05) is 32.9 Å². The molecule has 1 unspecified atom stereocenters. The Balaban J connectivity index is 1.58. The van der Waals surface area contributed by atoms with Gasteiger partial charge in [0.15, 0.2) is 0 Å². The molecule has 1 aromatic rings. The first-order chi connectivity index (χ1) is 9.62. The lowest BCUT2D eigenvalue weighted by atomic mass is 9.84. The number of carbonyl (C=O) groups excluding carboxylic acids is 1. The van der Waals surface area contributed by atoms with Crippen molar-refractivity contribution in [2.45, 2.75) is 31.5 Å². The van der Waals surface area contributed by atoms with Crippen LogP contribution in [0.1, 0.15) is 30.3 Å². The van der Waals surface area contributed by atoms with Crippen molar-refractivity contribution in [2.24, 2.45) is 7.05 Å². The van der Waals surface area contributed by atoms with E-state index in [1.807, 2.05) is 14.0 Å². The van der Waals surface area contributed by atoms with Crippen molar-refractivity contribution >= 4 is 5.91 Å². The standard InChI is InChI=1S/C14H21N3O3/c1-3-19-11-5-7-20-14(8-11)9-17(10-14)13(18)12-4-6-16(2)15-12/h4,6,11H,3,5,7-10H2,1-2H3. The molecule has 2 fully saturated rings. The van der Waals surface area contributed by atoms with Crippen LogP contribution in [0.25, 0.3) is 0 Å². The van der Waals surface area contributed by atoms with Crippen LogP contribution in [-0.2, 0) is 16.5 Å². The lowest BCUT2D eigenvalue weighted by molar-refractivity contribution is -0.185. The molecule has 0 N–H and O–H groups in total. The number of amides is 1. The van der Waals surface area contributed by atoms with Gasteiger partial charge in [-0.1, -0.05) is 0 Å². The van der Waals surface area contributed by atoms with Crippen molar-refractivity contribution in [3.63, 3.8) is 0 Å². The number of rotatable bonds is 3. The molecule has 1 spiro atoms. The quantitative estimate of drug-likeness (QED) is 0.822. The molecular formula is C14H21N3O3. The van der Waals surface area contributed by atoms with Gasteiger partial charge in [-0.05, 0) is 19.4 Å². The monoisotopic (exact) mass is 279 g/mol. The van der Waals surface area contributed by atoms with Crippen LogP contribution in [0.3, 0.4) is 0 Å². The molecule has 1 amide bonds. The van der Waals surface area contributed by atoms with Gasteiger partial charge in [-0.3, -0.25) is 9.48 Å². The van der Waals surface area contributed by atoms with Crippen LogP contribution in [0.5, 0.6) is 0 Å². The molecule has 0 aliphatic carbocycles. The second-order valence-corrected chi connectivity index (χ2v) is 5.64. The van der Waals surface area contributed by atoms with Gasteiger partial charge in [0.25, 0.3) is 5.91 Å². The maximum Gasteiger partial charge on any atom is 0.274 e. The molecule has 6 heteroatoms. The summed E-state index contributed by atoms with van der Waals surface area (Å²) < 4.78 is 13.2. The number of likely N-dealkylation sites (tertiary alicyclic amines) is 1. The van der Waals surface area contributed by atoms with E-state index in [1.54, 1.807) is 21.8 Å². The Morgan fingerprint density at radius 2 is 2.40 bits per heavy atom. The van der Waals surface area contributed by atoms with Crippen LogP contribution in [0.15, 0.2) is 12.3 Å². The topological polar surface area (TPSA) is 56.6 Å². The van der Waals surface area contributed by atoms with E-state index in [0.29, 0.717) is 18.8 Å². The maximum absolute atomic E-state index is 12.2. The molecule has 3 heterocycles. The van der Waals surface area contributed by atoms with Gasteiger partial charge in [-0.25, -0.2) is 0 Å². The van der Waals surface area contributed by atoms with Crippen LogP contribution < -0.4 is 0 Å². The molecule has 2 aliphatic heterocycles. The van der Waals surface area contributed by atoms with Crippen molar-refractivity contribution < 1.29 is 14.3 Å². The summed E-state index contributed by atoms with van der Waals surface area (Å²) in [6.07, 6.45) is 3.88. The van der Waals surface area contributed by atoms with Crippen LogP contribution in [-0.4, -0.2) is 58.6 Å². The fourth-order valence-corrected chi connectivity index (χ4v) is 3.07. The number of hydrogen-bond acceptors (Lipinski definition) is 4. The van der Waals surface area contributed by atoms with Crippen LogP contribution in [0.4, 0.5) is 0 Å². The number of nitrogens with zero attached hydrogens (tertiary/aromatic N) is 3. The number of aromatic nitrogens is 2. The second kappa shape index (κ2) is 5.18. The lowest BCUT2D eigenvalue weighted by Crippen LogP contribution is -2.67. The molecular weight excluding hydrogens is 258 g/mol. The first-order valence-electron chi connectivity index (χ1n) is 7.16. The van der Waals surface area contributed by atoms with E-state index < -0.39 is 0 Å². The Labute approximate surface area is 118 Å². The Hall–Kier alpha value is -1.40. The molecule has 0 saturated carbocycles. The van der Waals surface area contributed by atoms with Gasteiger partial charge >= 0.3 is 0 Å². The smallest absolute Gasteiger partial charge is 0.274 e. The highest BCUT2D eigenvalue weighted by Crippen LogP contribution is 2.35. The number of carbonyl (C=O) groups is 1. The van der Waals surface area contributed by atoms with Crippen LogP contribution in [0.2, 0.25) is 0 Å². The second-order valence-electron chi connectivity index (χ2n) is 5.64. The minimum atomic E-state index is -0.192. The lowest BCUT2D eigenvalue weighted by Gasteiger charge is -2.52. The van der Waals surface area contributed by atoms with E-state index in [0.717, 1.165) is 26.1 Å². The van der Waals surface area contributed by atoms with E-state index in [9.17, 15) is 4.79 Å². The van der Waals surface area contributed by atoms with E-state index >= 15 is 0 Å². The third-order valence-electron chi connectivity index (χ3n) is 4.03. The fraction of sp³-hybridized carbons (Fsp3) is 0.714. The average molecular weight is 279 g/mol. The highest BCUT2D eigenvalue weighted by atomic mass is 16.5. The van der Waals surface area contributed by atoms with Crippen molar-refractivity contribution in [3.05, 3.63) is 18.0 Å². The summed E-state index contributed by atoms with van der Waals surface area (Å²) in [5.41, 5.74) is 0.308. The van der Waals surface area contributed by atoms with Crippen LogP contribution >= 0.6 is 0 Å². The normalized spacial score (nSPS) is 24.7. The first-order valence-corrected chi connectivity index (χ1v) is 7.16. The third-order valence-corrected chi connectivity index (χ3v) is 4.03. The Morgan fingerprint density at radius 1 is 1.60 bits per heavy atom. The van der Waals surface area contributed by atoms with Crippen molar-refractivity contribution in [1.29, 1.82) is 0 Å². The summed E-state index contributed by atoms with van der Waals surface area (Å²) in [5.74, 6) is -0.0154. The zero-order chi connectivity index (χ0) is 14.2. The number of hydrogen-bond donors (Lipinski definition) is 0. The van der Waals surface area contributed by atoms with E-state index in [1.165, 1.54) is 0 Å². The zero-order valence-corrected chi connectivity index (χ0v) is 12.0. The van der Waals surface area contributed by atoms with Gasteiger partial charge < -0.3 is 14.4 Å². The molecule has 2 aliphatic rings. The maximum atomic E-state index is 12.2. The van der Waals surface area contributed by atoms with Gasteiger partial charge in [0.2, 0.25) is 0 Å². The Morgan fingerprint density at radius 3 is 3.05 bits per heavy atom. The summed E-state index contributed by atoms with van der Waals surface area (Å²) in [7, 11) is 1.81. The summed E-state index contributed by atoms with van der Waals surface area (Å²) in [6, 6.07) is 1.75. The van der Waals surface area contributed by atoms with Crippen molar-refractivity contribution in [3.8, 4) is 0 Å². The summed E-state index contributed by atoms with van der Waals surface area (Å²) in [6.45, 7) is 4.76. The molecule has 1 aromatic heterocycles. The first kappa shape index (κ1) is 13.6. The molecule has 0 bridgehead atoms.